The Morgan fingerprint density at radius 2 is 1.95 bits per heavy atom. The van der Waals surface area contributed by atoms with Crippen LogP contribution in [0, 0.1) is 17.2 Å². The number of rotatable bonds is 11. The Labute approximate surface area is 256 Å². The summed E-state index contributed by atoms with van der Waals surface area (Å²) in [5, 5.41) is 11.4. The number of amides is 2. The third kappa shape index (κ3) is 7.98. The van der Waals surface area contributed by atoms with Gasteiger partial charge in [-0.15, -0.1) is 11.3 Å². The van der Waals surface area contributed by atoms with E-state index in [-0.39, 0.29) is 18.6 Å². The van der Waals surface area contributed by atoms with E-state index in [9.17, 15) is 33.4 Å². The SMILES string of the molecule is CCOC(=O)C(C#N)CC1C(COC(C)=O)=C(C(=O)OCC(Cl)(Cl)Cl)N2C(=O)C(NC(=O)Cc3cccs3)[C@@H]2S1=O. The molecule has 3 heterocycles. The Hall–Kier alpha value is -2.70. The third-order valence-corrected chi connectivity index (χ3v) is 9.10. The Morgan fingerprint density at radius 1 is 1.24 bits per heavy atom. The number of alkyl halides is 3. The minimum absolute atomic E-state index is 0.0290. The molecule has 17 heteroatoms. The largest absolute Gasteiger partial charge is 0.465 e. The summed E-state index contributed by atoms with van der Waals surface area (Å²) in [6.45, 7) is 1.24. The number of nitrogens with one attached hydrogen (secondary N) is 1. The van der Waals surface area contributed by atoms with Crippen molar-refractivity contribution < 1.29 is 42.4 Å². The zero-order valence-electron chi connectivity index (χ0n) is 21.6. The maximum atomic E-state index is 13.9. The number of fused-ring (bicyclic) bond motifs is 1. The van der Waals surface area contributed by atoms with E-state index in [1.807, 2.05) is 0 Å². The highest BCUT2D eigenvalue weighted by Gasteiger charge is 2.60. The van der Waals surface area contributed by atoms with Crippen LogP contribution in [0.2, 0.25) is 0 Å². The first-order chi connectivity index (χ1) is 19.3. The normalized spacial score (nSPS) is 22.5. The fraction of sp³-hybridized carbons (Fsp3) is 0.500. The number of nitrogens with zero attached hydrogens (tertiary/aromatic N) is 2. The maximum absolute atomic E-state index is 13.9. The number of hydrogen-bond donors (Lipinski definition) is 1. The molecule has 0 spiro atoms. The van der Waals surface area contributed by atoms with Crippen LogP contribution in [0.3, 0.4) is 0 Å². The van der Waals surface area contributed by atoms with Gasteiger partial charge < -0.3 is 19.5 Å². The van der Waals surface area contributed by atoms with Crippen LogP contribution in [0.5, 0.6) is 0 Å². The second-order valence-electron chi connectivity index (χ2n) is 8.73. The van der Waals surface area contributed by atoms with E-state index >= 15 is 0 Å². The number of hydrogen-bond acceptors (Lipinski definition) is 11. The Balaban J connectivity index is 2.04. The van der Waals surface area contributed by atoms with Gasteiger partial charge in [-0.1, -0.05) is 40.9 Å². The molecule has 2 amide bonds. The van der Waals surface area contributed by atoms with Crippen molar-refractivity contribution in [2.75, 3.05) is 19.8 Å². The summed E-state index contributed by atoms with van der Waals surface area (Å²) in [5.74, 6) is -5.59. The lowest BCUT2D eigenvalue weighted by atomic mass is 9.95. The lowest BCUT2D eigenvalue weighted by molar-refractivity contribution is -0.153. The fourth-order valence-corrected chi connectivity index (χ4v) is 7.08. The van der Waals surface area contributed by atoms with Crippen molar-refractivity contribution in [3.8, 4) is 6.07 Å². The first kappa shape index (κ1) is 32.8. The number of thiophene rings is 1. The molecule has 222 valence electrons. The predicted molar refractivity (Wildman–Crippen MR) is 148 cm³/mol. The molecule has 0 aromatic carbocycles. The molecular weight excluding hydrogens is 645 g/mol. The van der Waals surface area contributed by atoms with E-state index in [0.717, 1.165) is 16.7 Å². The van der Waals surface area contributed by atoms with Crippen LogP contribution in [0.1, 0.15) is 25.1 Å². The molecule has 1 aromatic rings. The Bertz CT molecular complexity index is 1310. The summed E-state index contributed by atoms with van der Waals surface area (Å²) in [4.78, 5) is 64.9. The number of ether oxygens (including phenoxy) is 3. The van der Waals surface area contributed by atoms with Crippen LogP contribution in [-0.2, 0) is 55.4 Å². The molecule has 4 unspecified atom stereocenters. The highest BCUT2D eigenvalue weighted by atomic mass is 35.6. The molecule has 2 aliphatic rings. The van der Waals surface area contributed by atoms with Gasteiger partial charge in [-0.05, 0) is 24.8 Å². The van der Waals surface area contributed by atoms with Crippen LogP contribution in [0.4, 0.5) is 0 Å². The molecule has 1 fully saturated rings. The number of carbonyl (C=O) groups excluding carboxylic acids is 5. The molecule has 2 aliphatic heterocycles. The van der Waals surface area contributed by atoms with Crippen LogP contribution in [-0.4, -0.2) is 79.1 Å². The monoisotopic (exact) mass is 667 g/mol. The van der Waals surface area contributed by atoms with E-state index < -0.39 is 92.2 Å². The van der Waals surface area contributed by atoms with Gasteiger partial charge in [0, 0.05) is 17.4 Å². The average molecular weight is 669 g/mol. The predicted octanol–water partition coefficient (Wildman–Crippen LogP) is 1.90. The van der Waals surface area contributed by atoms with E-state index in [2.05, 4.69) is 5.32 Å². The topological polar surface area (TPSA) is 169 Å². The molecule has 12 nitrogen and oxygen atoms in total. The molecule has 5 atom stereocenters. The van der Waals surface area contributed by atoms with Crippen molar-refractivity contribution in [3.63, 3.8) is 0 Å². The van der Waals surface area contributed by atoms with Crippen LogP contribution < -0.4 is 5.32 Å². The van der Waals surface area contributed by atoms with E-state index in [4.69, 9.17) is 49.0 Å². The second-order valence-corrected chi connectivity index (χ2v) is 14.0. The molecule has 1 aromatic heterocycles. The van der Waals surface area contributed by atoms with Crippen molar-refractivity contribution in [2.45, 2.75) is 47.1 Å². The summed E-state index contributed by atoms with van der Waals surface area (Å²) < 4.78 is 27.0. The average Bonchev–Trinajstić information content (AvgIpc) is 3.40. The minimum atomic E-state index is -2.12. The van der Waals surface area contributed by atoms with Gasteiger partial charge in [-0.2, -0.15) is 5.26 Å². The summed E-state index contributed by atoms with van der Waals surface area (Å²) in [6, 6.07) is 3.97. The molecule has 0 saturated carbocycles. The lowest BCUT2D eigenvalue weighted by Crippen LogP contribution is -2.75. The van der Waals surface area contributed by atoms with Crippen molar-refractivity contribution in [2.24, 2.45) is 5.92 Å². The highest BCUT2D eigenvalue weighted by molar-refractivity contribution is 7.86. The van der Waals surface area contributed by atoms with Gasteiger partial charge in [0.1, 0.15) is 36.2 Å². The van der Waals surface area contributed by atoms with Crippen LogP contribution in [0.25, 0.3) is 0 Å². The molecule has 0 aliphatic carbocycles. The smallest absolute Gasteiger partial charge is 0.355 e. The van der Waals surface area contributed by atoms with E-state index in [1.54, 1.807) is 23.6 Å². The summed E-state index contributed by atoms with van der Waals surface area (Å²) >= 11 is 18.5. The van der Waals surface area contributed by atoms with Crippen LogP contribution in [0.15, 0.2) is 28.8 Å². The minimum Gasteiger partial charge on any atom is -0.465 e. The van der Waals surface area contributed by atoms with Crippen molar-refractivity contribution in [1.29, 1.82) is 5.26 Å². The quantitative estimate of drug-likeness (QED) is 0.159. The first-order valence-electron chi connectivity index (χ1n) is 12.0. The van der Waals surface area contributed by atoms with Gasteiger partial charge in [-0.3, -0.25) is 28.3 Å². The fourth-order valence-electron chi connectivity index (χ4n) is 4.17. The zero-order chi connectivity index (χ0) is 30.5. The van der Waals surface area contributed by atoms with Gasteiger partial charge >= 0.3 is 17.9 Å². The lowest BCUT2D eigenvalue weighted by Gasteiger charge is -2.51. The van der Waals surface area contributed by atoms with Gasteiger partial charge in [0.05, 0.1) is 35.1 Å². The molecule has 0 radical (unpaired) electrons. The van der Waals surface area contributed by atoms with Crippen molar-refractivity contribution in [3.05, 3.63) is 33.7 Å². The van der Waals surface area contributed by atoms with Crippen LogP contribution >= 0.6 is 46.1 Å². The Morgan fingerprint density at radius 3 is 2.51 bits per heavy atom. The summed E-state index contributed by atoms with van der Waals surface area (Å²) in [6.07, 6.45) is -0.469. The highest BCUT2D eigenvalue weighted by Crippen LogP contribution is 2.41. The van der Waals surface area contributed by atoms with Crippen molar-refractivity contribution >= 4 is 86.7 Å². The summed E-state index contributed by atoms with van der Waals surface area (Å²) in [7, 11) is -2.12. The molecule has 1 saturated heterocycles. The van der Waals surface area contributed by atoms with Gasteiger partial charge in [0.2, 0.25) is 9.70 Å². The first-order valence-corrected chi connectivity index (χ1v) is 15.3. The van der Waals surface area contributed by atoms with E-state index in [1.165, 1.54) is 18.3 Å². The number of esters is 3. The molecular formula is C24H24Cl3N3O9S2. The number of carbonyl (C=O) groups is 5. The number of halogens is 3. The van der Waals surface area contributed by atoms with Gasteiger partial charge in [0.25, 0.3) is 5.91 Å². The molecule has 1 N–H and O–H groups in total. The molecule has 41 heavy (non-hydrogen) atoms. The van der Waals surface area contributed by atoms with E-state index in [0.29, 0.717) is 0 Å². The van der Waals surface area contributed by atoms with Gasteiger partial charge in [-0.25, -0.2) is 4.79 Å². The van der Waals surface area contributed by atoms with Gasteiger partial charge in [0.15, 0.2) is 0 Å². The standard InChI is InChI=1S/C24H24Cl3N3O9S2/c1-3-37-22(34)13(9-28)7-16-15(10-38-12(2)31)19(23(35)39-11-24(25,26)27)30-20(33)18(21(30)41(16)36)29-17(32)8-14-5-4-6-40-14/h4-6,13,16,18,21H,3,7-8,10-11H2,1-2H3,(H,29,32)/t13?,16?,18?,21-,41?/m0/s1. The number of nitriles is 1. The Kier molecular flexibility index (Phi) is 11.2. The second kappa shape index (κ2) is 14.0. The zero-order valence-corrected chi connectivity index (χ0v) is 25.5. The third-order valence-electron chi connectivity index (χ3n) is 5.89. The number of β-lactam (4-membered cyclic amide) rings is 1. The molecule has 0 bridgehead atoms. The maximum Gasteiger partial charge on any atom is 0.355 e. The summed E-state index contributed by atoms with van der Waals surface area (Å²) in [5.41, 5.74) is -0.602. The molecule has 3 rings (SSSR count). The van der Waals surface area contributed by atoms with Crippen molar-refractivity contribution in [1.82, 2.24) is 10.2 Å².